The van der Waals surface area contributed by atoms with E-state index in [2.05, 4.69) is 10.6 Å². The topological polar surface area (TPSA) is 116 Å². The molecule has 0 aliphatic carbocycles. The van der Waals surface area contributed by atoms with Crippen molar-refractivity contribution in [2.75, 3.05) is 24.4 Å². The van der Waals surface area contributed by atoms with Crippen molar-refractivity contribution in [3.05, 3.63) is 90.0 Å². The van der Waals surface area contributed by atoms with Gasteiger partial charge < -0.3 is 15.7 Å². The Kier molecular flexibility index (Phi) is 7.68. The van der Waals surface area contributed by atoms with Crippen LogP contribution in [0.2, 0.25) is 0 Å². The van der Waals surface area contributed by atoms with Crippen molar-refractivity contribution in [2.24, 2.45) is 0 Å². The number of sulfonamides is 1. The van der Waals surface area contributed by atoms with Crippen LogP contribution in [0.3, 0.4) is 0 Å². The number of phenols is 1. The molecule has 0 aliphatic heterocycles. The zero-order valence-electron chi connectivity index (χ0n) is 18.1. The summed E-state index contributed by atoms with van der Waals surface area (Å²) in [6.45, 7) is 0.674. The molecule has 3 aromatic rings. The average Bonchev–Trinajstić information content (AvgIpc) is 2.83. The second-order valence-electron chi connectivity index (χ2n) is 7.25. The summed E-state index contributed by atoms with van der Waals surface area (Å²) >= 11 is 0. The fourth-order valence-electron chi connectivity index (χ4n) is 3.06. The van der Waals surface area contributed by atoms with E-state index in [-0.39, 0.29) is 22.5 Å². The molecule has 33 heavy (non-hydrogen) atoms. The summed E-state index contributed by atoms with van der Waals surface area (Å²) in [4.78, 5) is 24.4. The molecule has 0 fully saturated rings. The number of carbonyl (C=O) groups is 2. The Morgan fingerprint density at radius 2 is 1.42 bits per heavy atom. The van der Waals surface area contributed by atoms with Crippen molar-refractivity contribution in [3.63, 3.8) is 0 Å². The van der Waals surface area contributed by atoms with Gasteiger partial charge in [0.25, 0.3) is 21.8 Å². The van der Waals surface area contributed by atoms with Crippen LogP contribution in [0.4, 0.5) is 5.69 Å². The molecule has 0 radical (unpaired) electrons. The highest BCUT2D eigenvalue weighted by Gasteiger charge is 2.21. The molecule has 3 rings (SSSR count). The standard InChI is InChI=1S/C24H25N3O5S/c1-27(20-8-3-2-4-9-20)33(31,32)22-13-11-18(12-14-22)23(29)25-15-6-16-26-24(30)19-7-5-10-21(28)17-19/h2-5,7-14,17,28H,6,15-16H2,1H3,(H,25,29)(H,26,30). The number of amides is 2. The Bertz CT molecular complexity index is 1210. The molecule has 3 aromatic carbocycles. The third kappa shape index (κ3) is 6.11. The molecule has 0 saturated heterocycles. The molecule has 2 amide bonds. The first-order chi connectivity index (χ1) is 15.8. The average molecular weight is 468 g/mol. The van der Waals surface area contributed by atoms with E-state index >= 15 is 0 Å². The van der Waals surface area contributed by atoms with Crippen LogP contribution >= 0.6 is 0 Å². The molecule has 172 valence electrons. The molecule has 9 heteroatoms. The second kappa shape index (κ2) is 10.6. The van der Waals surface area contributed by atoms with Crippen molar-refractivity contribution in [1.29, 1.82) is 0 Å². The Morgan fingerprint density at radius 3 is 2.03 bits per heavy atom. The minimum atomic E-state index is -3.75. The smallest absolute Gasteiger partial charge is 0.264 e. The van der Waals surface area contributed by atoms with E-state index in [4.69, 9.17) is 0 Å². The molecule has 0 heterocycles. The van der Waals surface area contributed by atoms with Crippen LogP contribution in [0, 0.1) is 0 Å². The highest BCUT2D eigenvalue weighted by molar-refractivity contribution is 7.92. The maximum atomic E-state index is 12.8. The normalized spacial score (nSPS) is 10.9. The molecular formula is C24H25N3O5S. The first kappa shape index (κ1) is 23.8. The van der Waals surface area contributed by atoms with Gasteiger partial charge in [-0.05, 0) is 61.0 Å². The highest BCUT2D eigenvalue weighted by Crippen LogP contribution is 2.21. The number of nitrogens with one attached hydrogen (secondary N) is 2. The molecule has 0 unspecified atom stereocenters. The lowest BCUT2D eigenvalue weighted by atomic mass is 10.2. The van der Waals surface area contributed by atoms with Crippen LogP contribution in [0.1, 0.15) is 27.1 Å². The summed E-state index contributed by atoms with van der Waals surface area (Å²) in [6.07, 6.45) is 0.505. The van der Waals surface area contributed by atoms with E-state index in [9.17, 15) is 23.1 Å². The van der Waals surface area contributed by atoms with Gasteiger partial charge in [0.1, 0.15) is 5.75 Å². The Labute approximate surface area is 192 Å². The summed E-state index contributed by atoms with van der Waals surface area (Å²) in [5, 5.41) is 14.9. The zero-order chi connectivity index (χ0) is 23.8. The van der Waals surface area contributed by atoms with Crippen molar-refractivity contribution in [3.8, 4) is 5.75 Å². The minimum Gasteiger partial charge on any atom is -0.508 e. The molecule has 0 aromatic heterocycles. The van der Waals surface area contributed by atoms with Gasteiger partial charge in [0.15, 0.2) is 0 Å². The molecule has 8 nitrogen and oxygen atoms in total. The van der Waals surface area contributed by atoms with Crippen molar-refractivity contribution in [1.82, 2.24) is 10.6 Å². The second-order valence-corrected chi connectivity index (χ2v) is 9.22. The maximum absolute atomic E-state index is 12.8. The summed E-state index contributed by atoms with van der Waals surface area (Å²) in [7, 11) is -2.27. The summed E-state index contributed by atoms with van der Waals surface area (Å²) in [6, 6.07) is 20.5. The third-order valence-electron chi connectivity index (χ3n) is 4.93. The third-order valence-corrected chi connectivity index (χ3v) is 6.73. The highest BCUT2D eigenvalue weighted by atomic mass is 32.2. The van der Waals surface area contributed by atoms with E-state index in [0.29, 0.717) is 36.3 Å². The Balaban J connectivity index is 1.48. The van der Waals surface area contributed by atoms with Gasteiger partial charge in [0.2, 0.25) is 0 Å². The van der Waals surface area contributed by atoms with E-state index in [0.717, 1.165) is 0 Å². The van der Waals surface area contributed by atoms with E-state index in [1.54, 1.807) is 42.5 Å². The largest absolute Gasteiger partial charge is 0.508 e. The summed E-state index contributed by atoms with van der Waals surface area (Å²) in [5.74, 6) is -0.635. The number of hydrogen-bond acceptors (Lipinski definition) is 5. The van der Waals surface area contributed by atoms with Crippen LogP contribution in [0.5, 0.6) is 5.75 Å². The number of benzene rings is 3. The molecule has 0 bridgehead atoms. The lowest BCUT2D eigenvalue weighted by Gasteiger charge is -2.19. The molecule has 3 N–H and O–H groups in total. The molecular weight excluding hydrogens is 442 g/mol. The predicted octanol–water partition coefficient (Wildman–Crippen LogP) is 2.77. The Hall–Kier alpha value is -3.85. The minimum absolute atomic E-state index is 0.0143. The van der Waals surface area contributed by atoms with Crippen molar-refractivity contribution in [2.45, 2.75) is 11.3 Å². The summed E-state index contributed by atoms with van der Waals surface area (Å²) < 4.78 is 26.8. The Morgan fingerprint density at radius 1 is 0.818 bits per heavy atom. The monoisotopic (exact) mass is 467 g/mol. The van der Waals surface area contributed by atoms with Gasteiger partial charge in [-0.1, -0.05) is 24.3 Å². The number of rotatable bonds is 9. The van der Waals surface area contributed by atoms with Gasteiger partial charge >= 0.3 is 0 Å². The van der Waals surface area contributed by atoms with Crippen LogP contribution < -0.4 is 14.9 Å². The van der Waals surface area contributed by atoms with Gasteiger partial charge in [0, 0.05) is 31.3 Å². The van der Waals surface area contributed by atoms with Crippen molar-refractivity contribution >= 4 is 27.5 Å². The number of anilines is 1. The van der Waals surface area contributed by atoms with Crippen LogP contribution in [0.15, 0.2) is 83.8 Å². The maximum Gasteiger partial charge on any atom is 0.264 e. The van der Waals surface area contributed by atoms with Gasteiger partial charge in [-0.25, -0.2) is 8.42 Å². The SMILES string of the molecule is CN(c1ccccc1)S(=O)(=O)c1ccc(C(=O)NCCCNC(=O)c2cccc(O)c2)cc1. The first-order valence-corrected chi connectivity index (χ1v) is 11.7. The summed E-state index contributed by atoms with van der Waals surface area (Å²) in [5.41, 5.74) is 1.22. The molecule has 0 spiro atoms. The van der Waals surface area contributed by atoms with Gasteiger partial charge in [-0.2, -0.15) is 0 Å². The van der Waals surface area contributed by atoms with E-state index in [1.165, 1.54) is 47.8 Å². The van der Waals surface area contributed by atoms with Crippen LogP contribution in [-0.2, 0) is 10.0 Å². The fraction of sp³-hybridized carbons (Fsp3) is 0.167. The number of carbonyl (C=O) groups excluding carboxylic acids is 2. The lowest BCUT2D eigenvalue weighted by Crippen LogP contribution is -2.30. The van der Waals surface area contributed by atoms with E-state index in [1.807, 2.05) is 0 Å². The van der Waals surface area contributed by atoms with Gasteiger partial charge in [0.05, 0.1) is 10.6 Å². The van der Waals surface area contributed by atoms with Crippen LogP contribution in [0.25, 0.3) is 0 Å². The number of phenolic OH excluding ortho intramolecular Hbond substituents is 1. The van der Waals surface area contributed by atoms with Gasteiger partial charge in [-0.15, -0.1) is 0 Å². The number of hydrogen-bond donors (Lipinski definition) is 3. The van der Waals surface area contributed by atoms with Crippen molar-refractivity contribution < 1.29 is 23.1 Å². The lowest BCUT2D eigenvalue weighted by molar-refractivity contribution is 0.0951. The predicted molar refractivity (Wildman–Crippen MR) is 126 cm³/mol. The molecule has 0 atom stereocenters. The zero-order valence-corrected chi connectivity index (χ0v) is 18.9. The quantitative estimate of drug-likeness (QED) is 0.419. The van der Waals surface area contributed by atoms with Crippen LogP contribution in [-0.4, -0.2) is 45.5 Å². The molecule has 0 aliphatic rings. The number of aromatic hydroxyl groups is 1. The van der Waals surface area contributed by atoms with Gasteiger partial charge in [-0.3, -0.25) is 13.9 Å². The number of para-hydroxylation sites is 1. The number of nitrogens with zero attached hydrogens (tertiary/aromatic N) is 1. The van der Waals surface area contributed by atoms with E-state index < -0.39 is 10.0 Å². The first-order valence-electron chi connectivity index (χ1n) is 10.3. The fourth-order valence-corrected chi connectivity index (χ4v) is 4.25. The molecule has 0 saturated carbocycles.